The van der Waals surface area contributed by atoms with E-state index in [1.165, 1.54) is 5.56 Å². The summed E-state index contributed by atoms with van der Waals surface area (Å²) in [6.45, 7) is 6.73. The highest BCUT2D eigenvalue weighted by Gasteiger charge is 2.20. The van der Waals surface area contributed by atoms with Crippen LogP contribution < -0.4 is 5.32 Å². The number of carbonyl (C=O) groups is 1. The van der Waals surface area contributed by atoms with Crippen LogP contribution in [0.3, 0.4) is 0 Å². The molecule has 1 amide bonds. The number of rotatable bonds is 2. The van der Waals surface area contributed by atoms with Gasteiger partial charge in [-0.15, -0.1) is 12.4 Å². The second kappa shape index (κ2) is 6.76. The molecule has 1 aromatic carbocycles. The van der Waals surface area contributed by atoms with E-state index in [0.717, 1.165) is 25.2 Å². The van der Waals surface area contributed by atoms with E-state index in [4.69, 9.17) is 0 Å². The zero-order valence-corrected chi connectivity index (χ0v) is 11.8. The summed E-state index contributed by atoms with van der Waals surface area (Å²) in [5.74, 6) is 0.238. The average molecular weight is 269 g/mol. The first-order valence-electron chi connectivity index (χ1n) is 6.22. The Kier molecular flexibility index (Phi) is 5.63. The number of hydrogen-bond acceptors (Lipinski definition) is 2. The van der Waals surface area contributed by atoms with Crippen molar-refractivity contribution in [1.29, 1.82) is 0 Å². The van der Waals surface area contributed by atoms with E-state index in [9.17, 15) is 4.79 Å². The fourth-order valence-electron chi connectivity index (χ4n) is 2.15. The first-order valence-corrected chi connectivity index (χ1v) is 6.22. The van der Waals surface area contributed by atoms with E-state index in [-0.39, 0.29) is 18.3 Å². The van der Waals surface area contributed by atoms with Gasteiger partial charge in [0.2, 0.25) is 5.91 Å². The molecule has 4 heteroatoms. The fourth-order valence-corrected chi connectivity index (χ4v) is 2.15. The van der Waals surface area contributed by atoms with Gasteiger partial charge in [0.15, 0.2) is 0 Å². The molecule has 2 rings (SSSR count). The molecule has 1 saturated heterocycles. The number of benzene rings is 1. The van der Waals surface area contributed by atoms with E-state index in [1.807, 2.05) is 17.0 Å². The molecule has 1 heterocycles. The monoisotopic (exact) mass is 268 g/mol. The maximum Gasteiger partial charge on any atom is 0.227 e. The molecule has 3 nitrogen and oxygen atoms in total. The Morgan fingerprint density at radius 3 is 2.67 bits per heavy atom. The van der Waals surface area contributed by atoms with Gasteiger partial charge in [-0.25, -0.2) is 0 Å². The molecule has 0 spiro atoms. The molecular formula is C14H21ClN2O. The van der Waals surface area contributed by atoms with Gasteiger partial charge in [-0.3, -0.25) is 4.79 Å². The molecule has 0 bridgehead atoms. The Balaban J connectivity index is 0.00000162. The average Bonchev–Trinajstić information content (AvgIpc) is 2.32. The maximum absolute atomic E-state index is 12.1. The van der Waals surface area contributed by atoms with Gasteiger partial charge in [-0.1, -0.05) is 29.8 Å². The minimum Gasteiger partial charge on any atom is -0.340 e. The predicted molar refractivity (Wildman–Crippen MR) is 76.2 cm³/mol. The van der Waals surface area contributed by atoms with E-state index in [0.29, 0.717) is 12.5 Å². The van der Waals surface area contributed by atoms with Gasteiger partial charge in [-0.05, 0) is 19.4 Å². The molecule has 0 saturated carbocycles. The van der Waals surface area contributed by atoms with Gasteiger partial charge in [0.25, 0.3) is 0 Å². The summed E-state index contributed by atoms with van der Waals surface area (Å²) >= 11 is 0. The molecule has 100 valence electrons. The minimum atomic E-state index is 0. The molecule has 1 N–H and O–H groups in total. The lowest BCUT2D eigenvalue weighted by atomic mass is 10.1. The largest absolute Gasteiger partial charge is 0.340 e. The quantitative estimate of drug-likeness (QED) is 0.887. The lowest BCUT2D eigenvalue weighted by molar-refractivity contribution is -0.131. The molecule has 1 aliphatic heterocycles. The molecule has 1 atom stereocenters. The Labute approximate surface area is 115 Å². The van der Waals surface area contributed by atoms with E-state index >= 15 is 0 Å². The van der Waals surface area contributed by atoms with Crippen molar-refractivity contribution < 1.29 is 4.79 Å². The number of carbonyl (C=O) groups excluding carboxylic acids is 1. The fraction of sp³-hybridized carbons (Fsp3) is 0.500. The standard InChI is InChI=1S/C14H20N2O.ClH/c1-11-3-5-13(6-4-11)9-14(17)16-8-7-15-12(2)10-16;/h3-6,12,15H,7-10H2,1-2H3;1H. The second-order valence-corrected chi connectivity index (χ2v) is 4.86. The summed E-state index contributed by atoms with van der Waals surface area (Å²) in [7, 11) is 0. The van der Waals surface area contributed by atoms with Crippen LogP contribution in [0.1, 0.15) is 18.1 Å². The molecule has 1 unspecified atom stereocenters. The van der Waals surface area contributed by atoms with Gasteiger partial charge in [0.05, 0.1) is 6.42 Å². The van der Waals surface area contributed by atoms with Crippen LogP contribution in [-0.2, 0) is 11.2 Å². The van der Waals surface area contributed by atoms with Crippen LogP contribution in [0.25, 0.3) is 0 Å². The Hall–Kier alpha value is -1.06. The molecule has 1 aromatic rings. The van der Waals surface area contributed by atoms with Crippen molar-refractivity contribution in [2.24, 2.45) is 0 Å². The van der Waals surface area contributed by atoms with E-state index in [1.54, 1.807) is 0 Å². The number of amides is 1. The van der Waals surface area contributed by atoms with Crippen LogP contribution in [-0.4, -0.2) is 36.5 Å². The van der Waals surface area contributed by atoms with Crippen molar-refractivity contribution >= 4 is 18.3 Å². The van der Waals surface area contributed by atoms with Gasteiger partial charge in [-0.2, -0.15) is 0 Å². The van der Waals surface area contributed by atoms with Crippen LogP contribution in [0.4, 0.5) is 0 Å². The highest BCUT2D eigenvalue weighted by molar-refractivity contribution is 5.85. The highest BCUT2D eigenvalue weighted by Crippen LogP contribution is 2.07. The molecule has 1 fully saturated rings. The summed E-state index contributed by atoms with van der Waals surface area (Å²) in [5, 5.41) is 3.34. The van der Waals surface area contributed by atoms with E-state index in [2.05, 4.69) is 31.3 Å². The van der Waals surface area contributed by atoms with Crippen molar-refractivity contribution in [3.05, 3.63) is 35.4 Å². The van der Waals surface area contributed by atoms with Crippen molar-refractivity contribution in [3.63, 3.8) is 0 Å². The van der Waals surface area contributed by atoms with Crippen LogP contribution in [0.15, 0.2) is 24.3 Å². The molecule has 18 heavy (non-hydrogen) atoms. The lowest BCUT2D eigenvalue weighted by Gasteiger charge is -2.32. The number of halogens is 1. The topological polar surface area (TPSA) is 32.3 Å². The predicted octanol–water partition coefficient (Wildman–Crippen LogP) is 1.78. The molecular weight excluding hydrogens is 248 g/mol. The Morgan fingerprint density at radius 1 is 1.39 bits per heavy atom. The molecule has 1 aliphatic rings. The van der Waals surface area contributed by atoms with E-state index < -0.39 is 0 Å². The summed E-state index contributed by atoms with van der Waals surface area (Å²) in [6, 6.07) is 8.61. The molecule has 0 radical (unpaired) electrons. The van der Waals surface area contributed by atoms with Crippen LogP contribution >= 0.6 is 12.4 Å². The van der Waals surface area contributed by atoms with Gasteiger partial charge < -0.3 is 10.2 Å². The Bertz CT molecular complexity index is 391. The first-order chi connectivity index (χ1) is 8.15. The number of nitrogens with zero attached hydrogens (tertiary/aromatic N) is 1. The zero-order chi connectivity index (χ0) is 12.3. The summed E-state index contributed by atoms with van der Waals surface area (Å²) in [5.41, 5.74) is 2.34. The third kappa shape index (κ3) is 4.00. The first kappa shape index (κ1) is 15.0. The second-order valence-electron chi connectivity index (χ2n) is 4.86. The summed E-state index contributed by atoms with van der Waals surface area (Å²) < 4.78 is 0. The number of nitrogens with one attached hydrogen (secondary N) is 1. The van der Waals surface area contributed by atoms with Gasteiger partial charge >= 0.3 is 0 Å². The van der Waals surface area contributed by atoms with Crippen molar-refractivity contribution in [2.75, 3.05) is 19.6 Å². The summed E-state index contributed by atoms with van der Waals surface area (Å²) in [6.07, 6.45) is 0.521. The molecule has 0 aliphatic carbocycles. The minimum absolute atomic E-state index is 0. The van der Waals surface area contributed by atoms with Crippen LogP contribution in [0.5, 0.6) is 0 Å². The van der Waals surface area contributed by atoms with Gasteiger partial charge in [0.1, 0.15) is 0 Å². The van der Waals surface area contributed by atoms with Gasteiger partial charge in [0, 0.05) is 25.7 Å². The summed E-state index contributed by atoms with van der Waals surface area (Å²) in [4.78, 5) is 14.1. The number of piperazine rings is 1. The highest BCUT2D eigenvalue weighted by atomic mass is 35.5. The Morgan fingerprint density at radius 2 is 2.06 bits per heavy atom. The SMILES string of the molecule is Cc1ccc(CC(=O)N2CCNC(C)C2)cc1.Cl. The van der Waals surface area contributed by atoms with Crippen molar-refractivity contribution in [1.82, 2.24) is 10.2 Å². The van der Waals surface area contributed by atoms with Crippen LogP contribution in [0, 0.1) is 6.92 Å². The number of aryl methyl sites for hydroxylation is 1. The lowest BCUT2D eigenvalue weighted by Crippen LogP contribution is -2.51. The smallest absolute Gasteiger partial charge is 0.227 e. The number of hydrogen-bond donors (Lipinski definition) is 1. The van der Waals surface area contributed by atoms with Crippen LogP contribution in [0.2, 0.25) is 0 Å². The maximum atomic E-state index is 12.1. The van der Waals surface area contributed by atoms with Crippen molar-refractivity contribution in [3.8, 4) is 0 Å². The third-order valence-electron chi connectivity index (χ3n) is 3.20. The third-order valence-corrected chi connectivity index (χ3v) is 3.20. The normalized spacial score (nSPS) is 19.2. The van der Waals surface area contributed by atoms with Crippen molar-refractivity contribution in [2.45, 2.75) is 26.3 Å². The molecule has 0 aromatic heterocycles. The zero-order valence-electron chi connectivity index (χ0n) is 11.0.